The van der Waals surface area contributed by atoms with Crippen LogP contribution in [0.15, 0.2) is 57.6 Å². The van der Waals surface area contributed by atoms with Gasteiger partial charge in [0.2, 0.25) is 0 Å². The first-order valence-corrected chi connectivity index (χ1v) is 6.36. The zero-order valence-corrected chi connectivity index (χ0v) is 11.3. The molecule has 0 saturated carbocycles. The number of nitrogens with zero attached hydrogens (tertiary/aromatic N) is 1. The first kappa shape index (κ1) is 11.9. The number of aromatic nitrogens is 1. The smallest absolute Gasteiger partial charge is 0.282 e. The molecule has 5 heteroatoms. The highest BCUT2D eigenvalue weighted by Gasteiger charge is 2.24. The lowest BCUT2D eigenvalue weighted by Crippen LogP contribution is -2.28. The van der Waals surface area contributed by atoms with Crippen molar-refractivity contribution in [2.45, 2.75) is 0 Å². The summed E-state index contributed by atoms with van der Waals surface area (Å²) in [6.07, 6.45) is 1.63. The van der Waals surface area contributed by atoms with Crippen LogP contribution in [0.5, 0.6) is 5.95 Å². The molecule has 19 heavy (non-hydrogen) atoms. The molecule has 0 fully saturated rings. The van der Waals surface area contributed by atoms with Gasteiger partial charge in [0.15, 0.2) is 6.20 Å². The summed E-state index contributed by atoms with van der Waals surface area (Å²) >= 11 is 3.30. The van der Waals surface area contributed by atoms with E-state index < -0.39 is 5.95 Å². The fourth-order valence-electron chi connectivity index (χ4n) is 1.88. The number of oxazole rings is 1. The molecule has 0 N–H and O–H groups in total. The molecule has 3 aromatic rings. The van der Waals surface area contributed by atoms with Gasteiger partial charge in [-0.1, -0.05) is 15.9 Å². The van der Waals surface area contributed by atoms with E-state index in [2.05, 4.69) is 15.9 Å². The summed E-state index contributed by atoms with van der Waals surface area (Å²) < 4.78 is 7.38. The molecular weight excluding hydrogens is 310 g/mol. The van der Waals surface area contributed by atoms with Crippen LogP contribution in [0.1, 0.15) is 16.1 Å². The van der Waals surface area contributed by atoms with E-state index in [0.29, 0.717) is 11.3 Å². The van der Waals surface area contributed by atoms with Crippen molar-refractivity contribution in [2.75, 3.05) is 0 Å². The van der Waals surface area contributed by atoms with Gasteiger partial charge >= 0.3 is 0 Å². The maximum absolute atomic E-state index is 12.4. The van der Waals surface area contributed by atoms with Crippen LogP contribution in [0.25, 0.3) is 5.71 Å². The number of carbonyl (C=O) groups excluding carboxylic acids is 1. The number of halogens is 1. The molecule has 0 aliphatic rings. The molecule has 0 atom stereocenters. The molecule has 4 nitrogen and oxygen atoms in total. The number of hydrogen-bond donors (Lipinski definition) is 0. The molecule has 0 saturated heterocycles. The maximum Gasteiger partial charge on any atom is 0.282 e. The standard InChI is InChI=1S/C14H8BrNO3/c15-10-6-4-9(5-7-10)13(17)12-14(18)19-11-3-1-2-8-16(11)12/h1-8H. The highest BCUT2D eigenvalue weighted by molar-refractivity contribution is 9.10. The third kappa shape index (κ3) is 2.02. The van der Waals surface area contributed by atoms with Crippen molar-refractivity contribution in [1.29, 1.82) is 0 Å². The molecule has 94 valence electrons. The molecule has 3 rings (SSSR count). The van der Waals surface area contributed by atoms with E-state index in [-0.39, 0.29) is 11.5 Å². The summed E-state index contributed by atoms with van der Waals surface area (Å²) in [4.78, 5) is 12.4. The molecule has 0 radical (unpaired) electrons. The second-order valence-corrected chi connectivity index (χ2v) is 4.90. The summed E-state index contributed by atoms with van der Waals surface area (Å²) in [7, 11) is 0. The minimum absolute atomic E-state index is 0.0120. The summed E-state index contributed by atoms with van der Waals surface area (Å²) in [6.45, 7) is 0. The van der Waals surface area contributed by atoms with Crippen molar-refractivity contribution in [3.8, 4) is 5.95 Å². The minimum atomic E-state index is -0.626. The van der Waals surface area contributed by atoms with Crippen molar-refractivity contribution in [1.82, 2.24) is 0 Å². The van der Waals surface area contributed by atoms with Crippen LogP contribution in [0.3, 0.4) is 0 Å². The Balaban J connectivity index is 2.16. The number of benzene rings is 1. The Hall–Kier alpha value is -2.14. The molecular formula is C14H8BrNO3. The predicted octanol–water partition coefficient (Wildman–Crippen LogP) is 2.09. The fourth-order valence-corrected chi connectivity index (χ4v) is 2.14. The lowest BCUT2D eigenvalue weighted by atomic mass is 10.1. The normalized spacial score (nSPS) is 10.8. The van der Waals surface area contributed by atoms with Crippen LogP contribution < -0.4 is 9.51 Å². The molecule has 2 heterocycles. The Morgan fingerprint density at radius 1 is 1.16 bits per heavy atom. The van der Waals surface area contributed by atoms with Gasteiger partial charge in [0, 0.05) is 22.2 Å². The van der Waals surface area contributed by atoms with Gasteiger partial charge in [0.25, 0.3) is 17.2 Å². The van der Waals surface area contributed by atoms with Crippen molar-refractivity contribution >= 4 is 27.4 Å². The first-order chi connectivity index (χ1) is 9.16. The Morgan fingerprint density at radius 3 is 2.63 bits per heavy atom. The molecule has 0 aliphatic heterocycles. The van der Waals surface area contributed by atoms with Gasteiger partial charge in [0.05, 0.1) is 0 Å². The van der Waals surface area contributed by atoms with Gasteiger partial charge in [-0.2, -0.15) is 0 Å². The summed E-state index contributed by atoms with van der Waals surface area (Å²) in [5, 5.41) is 11.8. The Labute approximate surface area is 117 Å². The van der Waals surface area contributed by atoms with Crippen molar-refractivity contribution < 1.29 is 18.7 Å². The highest BCUT2D eigenvalue weighted by atomic mass is 79.9. The molecule has 1 aromatic carbocycles. The third-order valence-electron chi connectivity index (χ3n) is 2.78. The number of hydrogen-bond acceptors (Lipinski definition) is 3. The lowest BCUT2D eigenvalue weighted by molar-refractivity contribution is -0.517. The number of rotatable bonds is 2. The van der Waals surface area contributed by atoms with Gasteiger partial charge in [-0.25, -0.2) is 0 Å². The fraction of sp³-hybridized carbons (Fsp3) is 0. The van der Waals surface area contributed by atoms with E-state index in [9.17, 15) is 9.90 Å². The molecule has 0 amide bonds. The first-order valence-electron chi connectivity index (χ1n) is 5.57. The third-order valence-corrected chi connectivity index (χ3v) is 3.30. The minimum Gasteiger partial charge on any atom is -0.540 e. The summed E-state index contributed by atoms with van der Waals surface area (Å²) in [5.74, 6) is -0.980. The second-order valence-electron chi connectivity index (χ2n) is 3.98. The van der Waals surface area contributed by atoms with E-state index in [1.807, 2.05) is 0 Å². The number of fused-ring (bicyclic) bond motifs is 1. The van der Waals surface area contributed by atoms with Gasteiger partial charge in [-0.05, 0) is 30.3 Å². The van der Waals surface area contributed by atoms with Gasteiger partial charge in [0.1, 0.15) is 5.95 Å². The number of carbonyl (C=O) groups is 1. The molecule has 0 spiro atoms. The van der Waals surface area contributed by atoms with Crippen molar-refractivity contribution in [3.63, 3.8) is 0 Å². The summed E-state index contributed by atoms with van der Waals surface area (Å²) in [5.41, 5.74) is 0.810. The largest absolute Gasteiger partial charge is 0.540 e. The van der Waals surface area contributed by atoms with Crippen LogP contribution >= 0.6 is 15.9 Å². The molecule has 0 aliphatic carbocycles. The van der Waals surface area contributed by atoms with Crippen molar-refractivity contribution in [3.05, 3.63) is 64.4 Å². The quantitative estimate of drug-likeness (QED) is 0.537. The zero-order valence-electron chi connectivity index (χ0n) is 9.67. The van der Waals surface area contributed by atoms with Crippen LogP contribution in [-0.4, -0.2) is 5.78 Å². The van der Waals surface area contributed by atoms with Gasteiger partial charge in [-0.15, -0.1) is 4.40 Å². The van der Waals surface area contributed by atoms with E-state index >= 15 is 0 Å². The highest BCUT2D eigenvalue weighted by Crippen LogP contribution is 2.19. The van der Waals surface area contributed by atoms with Crippen LogP contribution in [-0.2, 0) is 0 Å². The van der Waals surface area contributed by atoms with Crippen LogP contribution in [0, 0.1) is 0 Å². The Morgan fingerprint density at radius 2 is 1.89 bits per heavy atom. The molecule has 0 bridgehead atoms. The molecule has 2 aromatic heterocycles. The monoisotopic (exact) mass is 317 g/mol. The van der Waals surface area contributed by atoms with Gasteiger partial charge < -0.3 is 9.52 Å². The number of ketones is 1. The second kappa shape index (κ2) is 4.51. The predicted molar refractivity (Wildman–Crippen MR) is 68.9 cm³/mol. The Kier molecular flexibility index (Phi) is 2.83. The average molecular weight is 318 g/mol. The average Bonchev–Trinajstić information content (AvgIpc) is 2.74. The topological polar surface area (TPSA) is 57.4 Å². The SMILES string of the molecule is O=C(c1ccc(Br)cc1)c1c([O-])oc2cccc[n+]12. The summed E-state index contributed by atoms with van der Waals surface area (Å²) in [6, 6.07) is 11.9. The van der Waals surface area contributed by atoms with E-state index in [4.69, 9.17) is 4.42 Å². The maximum atomic E-state index is 12.4. The van der Waals surface area contributed by atoms with Crippen LogP contribution in [0.4, 0.5) is 0 Å². The van der Waals surface area contributed by atoms with Gasteiger partial charge in [-0.3, -0.25) is 4.79 Å². The van der Waals surface area contributed by atoms with E-state index in [1.54, 1.807) is 48.7 Å². The number of pyridine rings is 1. The lowest BCUT2D eigenvalue weighted by Gasteiger charge is -1.98. The Bertz CT molecular complexity index is 762. The van der Waals surface area contributed by atoms with E-state index in [0.717, 1.165) is 4.47 Å². The van der Waals surface area contributed by atoms with E-state index in [1.165, 1.54) is 4.40 Å². The van der Waals surface area contributed by atoms with Crippen molar-refractivity contribution in [2.24, 2.45) is 0 Å². The van der Waals surface area contributed by atoms with Crippen LogP contribution in [0.2, 0.25) is 0 Å². The zero-order chi connectivity index (χ0) is 13.4. The molecule has 0 unspecified atom stereocenters.